The number of carbonyl (C=O) groups is 2. The van der Waals surface area contributed by atoms with E-state index in [1.165, 1.54) is 16.0 Å². The Balaban J connectivity index is 1.62. The van der Waals surface area contributed by atoms with E-state index in [0.29, 0.717) is 24.7 Å². The van der Waals surface area contributed by atoms with Gasteiger partial charge in [-0.3, -0.25) is 0 Å². The molecule has 0 spiro atoms. The van der Waals surface area contributed by atoms with Gasteiger partial charge in [0, 0.05) is 36.0 Å². The fourth-order valence-electron chi connectivity index (χ4n) is 4.68. The van der Waals surface area contributed by atoms with E-state index in [0.717, 1.165) is 30.4 Å². The maximum atomic E-state index is 12.2. The van der Waals surface area contributed by atoms with Gasteiger partial charge in [0.1, 0.15) is 0 Å². The number of amides is 2. The fraction of sp³-hybridized carbons (Fsp3) is 0.417. The van der Waals surface area contributed by atoms with E-state index in [1.54, 1.807) is 6.92 Å². The number of ether oxygens (including phenoxy) is 1. The molecule has 2 atom stereocenters. The smallest absolute Gasteiger partial charge is 0.407 e. The summed E-state index contributed by atoms with van der Waals surface area (Å²) < 4.78 is 5.14. The standard InChI is InChI=1S/C24H27ClN2O4/c1-2-31-23(28)26-22-9-8-16-6-7-17(18-13-27(14-18)24(29)30)12-20(16)21(22)11-15-4-3-5-19(25)10-15/h3-7,10,12,18,21-22H,2,8-9,11,13-14H2,1H3,(H,26,28)(H,29,30). The Kier molecular flexibility index (Phi) is 6.37. The second kappa shape index (κ2) is 9.18. The zero-order valence-corrected chi connectivity index (χ0v) is 18.3. The molecule has 1 fully saturated rings. The molecule has 0 saturated carbocycles. The molecule has 1 aliphatic carbocycles. The van der Waals surface area contributed by atoms with E-state index >= 15 is 0 Å². The molecule has 2 N–H and O–H groups in total. The molecule has 0 radical (unpaired) electrons. The van der Waals surface area contributed by atoms with Crippen molar-refractivity contribution >= 4 is 23.8 Å². The third-order valence-electron chi connectivity index (χ3n) is 6.33. The van der Waals surface area contributed by atoms with Crippen molar-refractivity contribution in [2.24, 2.45) is 0 Å². The van der Waals surface area contributed by atoms with Gasteiger partial charge in [-0.05, 0) is 60.6 Å². The van der Waals surface area contributed by atoms with Gasteiger partial charge in [-0.1, -0.05) is 41.9 Å². The first kappa shape index (κ1) is 21.5. The Labute approximate surface area is 187 Å². The first-order chi connectivity index (χ1) is 14.9. The fourth-order valence-corrected chi connectivity index (χ4v) is 4.89. The molecule has 4 rings (SSSR count). The van der Waals surface area contributed by atoms with Gasteiger partial charge in [0.2, 0.25) is 0 Å². The van der Waals surface area contributed by atoms with Crippen molar-refractivity contribution in [1.29, 1.82) is 0 Å². The number of aryl methyl sites for hydroxylation is 1. The van der Waals surface area contributed by atoms with Gasteiger partial charge in [0.05, 0.1) is 6.61 Å². The van der Waals surface area contributed by atoms with E-state index < -0.39 is 6.09 Å². The van der Waals surface area contributed by atoms with E-state index in [1.807, 2.05) is 18.2 Å². The van der Waals surface area contributed by atoms with Gasteiger partial charge in [-0.25, -0.2) is 9.59 Å². The summed E-state index contributed by atoms with van der Waals surface area (Å²) in [4.78, 5) is 24.8. The predicted molar refractivity (Wildman–Crippen MR) is 119 cm³/mol. The van der Waals surface area contributed by atoms with Crippen LogP contribution in [-0.2, 0) is 17.6 Å². The van der Waals surface area contributed by atoms with Crippen molar-refractivity contribution in [2.75, 3.05) is 19.7 Å². The van der Waals surface area contributed by atoms with Crippen LogP contribution in [-0.4, -0.2) is 47.9 Å². The number of halogens is 1. The van der Waals surface area contributed by atoms with E-state index in [4.69, 9.17) is 21.4 Å². The lowest BCUT2D eigenvalue weighted by molar-refractivity contribution is 0.105. The summed E-state index contributed by atoms with van der Waals surface area (Å²) >= 11 is 6.21. The minimum atomic E-state index is -0.869. The van der Waals surface area contributed by atoms with Crippen molar-refractivity contribution in [3.8, 4) is 0 Å². The van der Waals surface area contributed by atoms with Crippen molar-refractivity contribution in [3.63, 3.8) is 0 Å². The molecule has 0 aromatic heterocycles. The Hall–Kier alpha value is -2.73. The number of rotatable bonds is 5. The van der Waals surface area contributed by atoms with Crippen LogP contribution in [0.4, 0.5) is 9.59 Å². The highest BCUT2D eigenvalue weighted by atomic mass is 35.5. The molecular weight excluding hydrogens is 416 g/mol. The van der Waals surface area contributed by atoms with E-state index in [-0.39, 0.29) is 24.0 Å². The summed E-state index contributed by atoms with van der Waals surface area (Å²) in [6.45, 7) is 3.18. The number of hydrogen-bond donors (Lipinski definition) is 2. The summed E-state index contributed by atoms with van der Waals surface area (Å²) in [6.07, 6.45) is 1.21. The number of benzene rings is 2. The number of carbonyl (C=O) groups excluding carboxylic acids is 1. The normalized spacial score (nSPS) is 20.5. The van der Waals surface area contributed by atoms with E-state index in [2.05, 4.69) is 29.6 Å². The molecule has 31 heavy (non-hydrogen) atoms. The molecular formula is C24H27ClN2O4. The number of likely N-dealkylation sites (tertiary alicyclic amines) is 1. The first-order valence-corrected chi connectivity index (χ1v) is 11.1. The minimum absolute atomic E-state index is 0.0438. The predicted octanol–water partition coefficient (Wildman–Crippen LogP) is 4.80. The van der Waals surface area contributed by atoms with Crippen LogP contribution >= 0.6 is 11.6 Å². The topological polar surface area (TPSA) is 78.9 Å². The molecule has 2 amide bonds. The maximum absolute atomic E-state index is 12.2. The van der Waals surface area contributed by atoms with Crippen LogP contribution < -0.4 is 5.32 Å². The quantitative estimate of drug-likeness (QED) is 0.696. The Bertz CT molecular complexity index is 974. The lowest BCUT2D eigenvalue weighted by atomic mass is 9.74. The zero-order valence-electron chi connectivity index (χ0n) is 17.5. The van der Waals surface area contributed by atoms with Gasteiger partial charge in [-0.15, -0.1) is 0 Å². The summed E-state index contributed by atoms with van der Waals surface area (Å²) in [6, 6.07) is 14.3. The van der Waals surface area contributed by atoms with Crippen LogP contribution in [0.2, 0.25) is 5.02 Å². The van der Waals surface area contributed by atoms with Crippen LogP contribution in [0.3, 0.4) is 0 Å². The Morgan fingerprint density at radius 2 is 2.03 bits per heavy atom. The highest BCUT2D eigenvalue weighted by Gasteiger charge is 2.35. The molecule has 0 bridgehead atoms. The summed E-state index contributed by atoms with van der Waals surface area (Å²) in [7, 11) is 0. The molecule has 2 aromatic rings. The third kappa shape index (κ3) is 4.79. The molecule has 7 heteroatoms. The second-order valence-electron chi connectivity index (χ2n) is 8.29. The molecule has 2 unspecified atom stereocenters. The molecule has 164 valence electrons. The number of nitrogens with one attached hydrogen (secondary N) is 1. The molecule has 6 nitrogen and oxygen atoms in total. The average Bonchev–Trinajstić information content (AvgIpc) is 2.68. The number of fused-ring (bicyclic) bond motifs is 1. The molecule has 2 aromatic carbocycles. The summed E-state index contributed by atoms with van der Waals surface area (Å²) in [5.41, 5.74) is 4.78. The lowest BCUT2D eigenvalue weighted by Gasteiger charge is -2.39. The number of alkyl carbamates (subject to hydrolysis) is 1. The van der Waals surface area contributed by atoms with Crippen LogP contribution in [0.25, 0.3) is 0 Å². The summed E-state index contributed by atoms with van der Waals surface area (Å²) in [5.74, 6) is 0.300. The lowest BCUT2D eigenvalue weighted by Crippen LogP contribution is -2.48. The SMILES string of the molecule is CCOC(=O)NC1CCc2ccc(C3CN(C(=O)O)C3)cc2C1Cc1cccc(Cl)c1. The number of carboxylic acid groups (broad SMARTS) is 1. The highest BCUT2D eigenvalue weighted by molar-refractivity contribution is 6.30. The van der Waals surface area contributed by atoms with Gasteiger partial charge in [-0.2, -0.15) is 0 Å². The highest BCUT2D eigenvalue weighted by Crippen LogP contribution is 2.38. The van der Waals surface area contributed by atoms with Gasteiger partial charge < -0.3 is 20.1 Å². The van der Waals surface area contributed by atoms with Crippen molar-refractivity contribution < 1.29 is 19.4 Å². The average molecular weight is 443 g/mol. The Morgan fingerprint density at radius 3 is 2.74 bits per heavy atom. The van der Waals surface area contributed by atoms with Crippen molar-refractivity contribution in [1.82, 2.24) is 10.2 Å². The van der Waals surface area contributed by atoms with Crippen LogP contribution in [0.1, 0.15) is 47.4 Å². The zero-order chi connectivity index (χ0) is 22.0. The second-order valence-corrected chi connectivity index (χ2v) is 8.73. The minimum Gasteiger partial charge on any atom is -0.465 e. The van der Waals surface area contributed by atoms with Gasteiger partial charge >= 0.3 is 12.2 Å². The van der Waals surface area contributed by atoms with Crippen LogP contribution in [0, 0.1) is 0 Å². The molecule has 1 heterocycles. The van der Waals surface area contributed by atoms with Gasteiger partial charge in [0.25, 0.3) is 0 Å². The maximum Gasteiger partial charge on any atom is 0.407 e. The van der Waals surface area contributed by atoms with Crippen LogP contribution in [0.15, 0.2) is 42.5 Å². The van der Waals surface area contributed by atoms with Crippen molar-refractivity contribution in [3.05, 3.63) is 69.7 Å². The third-order valence-corrected chi connectivity index (χ3v) is 6.56. The largest absolute Gasteiger partial charge is 0.465 e. The van der Waals surface area contributed by atoms with Crippen molar-refractivity contribution in [2.45, 2.75) is 44.1 Å². The van der Waals surface area contributed by atoms with E-state index in [9.17, 15) is 9.59 Å². The van der Waals surface area contributed by atoms with Gasteiger partial charge in [0.15, 0.2) is 0 Å². The summed E-state index contributed by atoms with van der Waals surface area (Å²) in [5, 5.41) is 12.9. The molecule has 1 saturated heterocycles. The van der Waals surface area contributed by atoms with Crippen LogP contribution in [0.5, 0.6) is 0 Å². The first-order valence-electron chi connectivity index (χ1n) is 10.7. The Morgan fingerprint density at radius 1 is 1.23 bits per heavy atom. The number of hydrogen-bond acceptors (Lipinski definition) is 3. The number of nitrogens with zero attached hydrogens (tertiary/aromatic N) is 1. The molecule has 1 aliphatic heterocycles. The molecule has 2 aliphatic rings. The monoisotopic (exact) mass is 442 g/mol.